The van der Waals surface area contributed by atoms with Gasteiger partial charge in [0.05, 0.1) is 13.7 Å². The maximum absolute atomic E-state index is 5.50. The van der Waals surface area contributed by atoms with Gasteiger partial charge in [-0.2, -0.15) is 0 Å². The summed E-state index contributed by atoms with van der Waals surface area (Å²) in [4.78, 5) is 4.86. The van der Waals surface area contributed by atoms with Crippen LogP contribution in [0.25, 0.3) is 0 Å². The van der Waals surface area contributed by atoms with E-state index in [1.807, 2.05) is 25.1 Å². The van der Waals surface area contributed by atoms with Crippen molar-refractivity contribution in [1.82, 2.24) is 0 Å². The third-order valence-electron chi connectivity index (χ3n) is 1.85. The maximum Gasteiger partial charge on any atom is 0.144 e. The topological polar surface area (TPSA) is 30.5 Å². The van der Waals surface area contributed by atoms with Gasteiger partial charge in [-0.25, -0.2) is 0 Å². The van der Waals surface area contributed by atoms with Gasteiger partial charge in [0.15, 0.2) is 0 Å². The number of hydrogen-bond donors (Lipinski definition) is 1. The second kappa shape index (κ2) is 5.94. The Morgan fingerprint density at radius 1 is 1.47 bits per heavy atom. The third kappa shape index (κ3) is 3.53. The summed E-state index contributed by atoms with van der Waals surface area (Å²) < 4.78 is 5.50. The predicted molar refractivity (Wildman–Crippen MR) is 60.8 cm³/mol. The van der Waals surface area contributed by atoms with E-state index in [0.717, 1.165) is 17.0 Å². The lowest BCUT2D eigenvalue weighted by Crippen LogP contribution is -2.02. The highest BCUT2D eigenvalue weighted by Crippen LogP contribution is 2.25. The summed E-state index contributed by atoms with van der Waals surface area (Å²) in [6.07, 6.45) is 5.74. The van der Waals surface area contributed by atoms with E-state index in [1.54, 1.807) is 7.11 Å². The van der Waals surface area contributed by atoms with E-state index in [1.165, 1.54) is 0 Å². The van der Waals surface area contributed by atoms with Crippen LogP contribution >= 0.6 is 0 Å². The lowest BCUT2D eigenvalue weighted by molar-refractivity contribution is 0.264. The first-order valence-corrected chi connectivity index (χ1v) is 4.74. The molecule has 0 spiro atoms. The zero-order valence-corrected chi connectivity index (χ0v) is 9.04. The standard InChI is InChI=1S/C12H15NO2/c1-4-5-8-15-12-7-6-10(2)9-11(12)13-14-3/h1,6-7,9,13H,5,8H2,2-3H3. The van der Waals surface area contributed by atoms with Crippen LogP contribution in [0.1, 0.15) is 12.0 Å². The second-order valence-electron chi connectivity index (χ2n) is 3.11. The average Bonchev–Trinajstić information content (AvgIpc) is 2.22. The molecule has 0 unspecified atom stereocenters. The summed E-state index contributed by atoms with van der Waals surface area (Å²) in [7, 11) is 1.56. The first kappa shape index (κ1) is 11.4. The highest BCUT2D eigenvalue weighted by atomic mass is 16.6. The van der Waals surface area contributed by atoms with Crippen LogP contribution in [0.15, 0.2) is 18.2 Å². The fraction of sp³-hybridized carbons (Fsp3) is 0.333. The van der Waals surface area contributed by atoms with Crippen molar-refractivity contribution in [3.8, 4) is 18.1 Å². The van der Waals surface area contributed by atoms with Crippen LogP contribution in [-0.2, 0) is 4.84 Å². The van der Waals surface area contributed by atoms with E-state index < -0.39 is 0 Å². The van der Waals surface area contributed by atoms with E-state index >= 15 is 0 Å². The van der Waals surface area contributed by atoms with Crippen LogP contribution in [-0.4, -0.2) is 13.7 Å². The van der Waals surface area contributed by atoms with Crippen molar-refractivity contribution in [2.24, 2.45) is 0 Å². The molecule has 0 heterocycles. The van der Waals surface area contributed by atoms with Gasteiger partial charge in [0.1, 0.15) is 11.4 Å². The van der Waals surface area contributed by atoms with Gasteiger partial charge >= 0.3 is 0 Å². The zero-order chi connectivity index (χ0) is 11.1. The first-order valence-electron chi connectivity index (χ1n) is 4.74. The van der Waals surface area contributed by atoms with Gasteiger partial charge in [-0.15, -0.1) is 12.3 Å². The Morgan fingerprint density at radius 2 is 2.27 bits per heavy atom. The SMILES string of the molecule is C#CCCOc1ccc(C)cc1NOC. The Bertz CT molecular complexity index is 355. The molecule has 1 aromatic rings. The molecule has 0 aliphatic heterocycles. The third-order valence-corrected chi connectivity index (χ3v) is 1.85. The molecule has 1 aromatic carbocycles. The molecule has 0 aromatic heterocycles. The minimum absolute atomic E-state index is 0.512. The molecule has 3 nitrogen and oxygen atoms in total. The van der Waals surface area contributed by atoms with Crippen LogP contribution in [0.5, 0.6) is 5.75 Å². The highest BCUT2D eigenvalue weighted by Gasteiger charge is 2.02. The number of aryl methyl sites for hydroxylation is 1. The van der Waals surface area contributed by atoms with Crippen LogP contribution < -0.4 is 10.2 Å². The molecular weight excluding hydrogens is 190 g/mol. The number of ether oxygens (including phenoxy) is 1. The lowest BCUT2D eigenvalue weighted by atomic mass is 10.2. The minimum Gasteiger partial charge on any atom is -0.490 e. The molecule has 80 valence electrons. The number of terminal acetylenes is 1. The largest absolute Gasteiger partial charge is 0.490 e. The van der Waals surface area contributed by atoms with Gasteiger partial charge in [0, 0.05) is 6.42 Å². The highest BCUT2D eigenvalue weighted by molar-refractivity contribution is 5.56. The monoisotopic (exact) mass is 205 g/mol. The van der Waals surface area contributed by atoms with Crippen molar-refractivity contribution >= 4 is 5.69 Å². The van der Waals surface area contributed by atoms with Gasteiger partial charge in [-0.1, -0.05) is 6.07 Å². The predicted octanol–water partition coefficient (Wildman–Crippen LogP) is 2.37. The molecule has 3 heteroatoms. The van der Waals surface area contributed by atoms with Crippen LogP contribution in [0.4, 0.5) is 5.69 Å². The number of rotatable bonds is 5. The number of benzene rings is 1. The summed E-state index contributed by atoms with van der Waals surface area (Å²) in [5.74, 6) is 3.27. The molecule has 0 saturated carbocycles. The van der Waals surface area contributed by atoms with E-state index in [2.05, 4.69) is 11.4 Å². The van der Waals surface area contributed by atoms with Crippen molar-refractivity contribution in [2.45, 2.75) is 13.3 Å². The molecule has 1 rings (SSSR count). The molecule has 0 bridgehead atoms. The van der Waals surface area contributed by atoms with E-state index in [4.69, 9.17) is 16.0 Å². The van der Waals surface area contributed by atoms with Crippen LogP contribution in [0.3, 0.4) is 0 Å². The van der Waals surface area contributed by atoms with Gasteiger partial charge in [-0.05, 0) is 24.6 Å². The quantitative estimate of drug-likeness (QED) is 0.455. The molecular formula is C12H15NO2. The average molecular weight is 205 g/mol. The smallest absolute Gasteiger partial charge is 0.144 e. The number of hydrogen-bond acceptors (Lipinski definition) is 3. The molecule has 0 amide bonds. The molecule has 0 radical (unpaired) electrons. The lowest BCUT2D eigenvalue weighted by Gasteiger charge is -2.11. The van der Waals surface area contributed by atoms with Crippen molar-refractivity contribution in [3.63, 3.8) is 0 Å². The molecule has 1 N–H and O–H groups in total. The fourth-order valence-corrected chi connectivity index (χ4v) is 1.18. The molecule has 0 saturated heterocycles. The van der Waals surface area contributed by atoms with E-state index in [9.17, 15) is 0 Å². The Morgan fingerprint density at radius 3 is 2.93 bits per heavy atom. The van der Waals surface area contributed by atoms with E-state index in [-0.39, 0.29) is 0 Å². The van der Waals surface area contributed by atoms with E-state index in [0.29, 0.717) is 13.0 Å². The Kier molecular flexibility index (Phi) is 4.52. The van der Waals surface area contributed by atoms with Crippen molar-refractivity contribution in [1.29, 1.82) is 0 Å². The summed E-state index contributed by atoms with van der Waals surface area (Å²) >= 11 is 0. The Balaban J connectivity index is 2.72. The summed E-state index contributed by atoms with van der Waals surface area (Å²) in [6.45, 7) is 2.52. The fourth-order valence-electron chi connectivity index (χ4n) is 1.18. The zero-order valence-electron chi connectivity index (χ0n) is 9.04. The molecule has 0 aliphatic carbocycles. The maximum atomic E-state index is 5.50. The summed E-state index contributed by atoms with van der Waals surface area (Å²) in [5.41, 5.74) is 4.72. The second-order valence-corrected chi connectivity index (χ2v) is 3.11. The van der Waals surface area contributed by atoms with Gasteiger partial charge < -0.3 is 4.74 Å². The summed E-state index contributed by atoms with van der Waals surface area (Å²) in [5, 5.41) is 0. The van der Waals surface area contributed by atoms with Crippen molar-refractivity contribution in [3.05, 3.63) is 23.8 Å². The Labute approximate surface area is 90.4 Å². The van der Waals surface area contributed by atoms with Gasteiger partial charge in [0.25, 0.3) is 0 Å². The van der Waals surface area contributed by atoms with Crippen molar-refractivity contribution in [2.75, 3.05) is 19.2 Å². The number of nitrogens with one attached hydrogen (secondary N) is 1. The molecule has 0 atom stereocenters. The minimum atomic E-state index is 0.512. The van der Waals surface area contributed by atoms with Crippen LogP contribution in [0.2, 0.25) is 0 Å². The summed E-state index contributed by atoms with van der Waals surface area (Å²) in [6, 6.07) is 5.83. The molecule has 0 fully saturated rings. The Hall–Kier alpha value is -1.66. The van der Waals surface area contributed by atoms with Crippen LogP contribution in [0, 0.1) is 19.3 Å². The molecule has 15 heavy (non-hydrogen) atoms. The number of anilines is 1. The first-order chi connectivity index (χ1) is 7.27. The van der Waals surface area contributed by atoms with Gasteiger partial charge in [-0.3, -0.25) is 10.3 Å². The van der Waals surface area contributed by atoms with Gasteiger partial charge in [0.2, 0.25) is 0 Å². The van der Waals surface area contributed by atoms with Crippen molar-refractivity contribution < 1.29 is 9.57 Å². The molecule has 0 aliphatic rings. The normalized spacial score (nSPS) is 9.40.